The van der Waals surface area contributed by atoms with Gasteiger partial charge in [-0.05, 0) is 23.4 Å². The minimum Gasteiger partial charge on any atom is -0.361 e. The van der Waals surface area contributed by atoms with Gasteiger partial charge in [0, 0.05) is 30.7 Å². The molecule has 2 aromatic rings. The van der Waals surface area contributed by atoms with Crippen LogP contribution in [0.15, 0.2) is 30.5 Å². The minimum atomic E-state index is 0.408. The molecule has 0 bridgehead atoms. The van der Waals surface area contributed by atoms with E-state index < -0.39 is 0 Å². The van der Waals surface area contributed by atoms with Crippen molar-refractivity contribution in [3.05, 3.63) is 36.0 Å². The second kappa shape index (κ2) is 5.56. The van der Waals surface area contributed by atoms with Gasteiger partial charge in [-0.1, -0.05) is 25.1 Å². The fourth-order valence-corrected chi connectivity index (χ4v) is 2.05. The smallest absolute Gasteiger partial charge is 0.0499 e. The second-order valence-corrected chi connectivity index (χ2v) is 4.25. The number of rotatable bonds is 5. The molecule has 88 valence electrons. The molecule has 0 aliphatic heterocycles. The van der Waals surface area contributed by atoms with Gasteiger partial charge in [-0.2, -0.15) is 0 Å². The number of para-hydroxylation sites is 1. The number of hydrogen-bond acceptors (Lipinski definition) is 1. The van der Waals surface area contributed by atoms with Gasteiger partial charge in [-0.3, -0.25) is 0 Å². The highest BCUT2D eigenvalue weighted by Gasteiger charge is 2.06. The number of hydrogen-bond donors (Lipinski definition) is 2. The van der Waals surface area contributed by atoms with Gasteiger partial charge in [0.2, 0.25) is 0 Å². The van der Waals surface area contributed by atoms with E-state index in [0.29, 0.717) is 6.04 Å². The van der Waals surface area contributed by atoms with Crippen molar-refractivity contribution in [1.29, 1.82) is 0 Å². The highest BCUT2D eigenvalue weighted by atomic mass is 14.9. The molecule has 1 atom stereocenters. The predicted molar refractivity (Wildman–Crippen MR) is 72.7 cm³/mol. The van der Waals surface area contributed by atoms with Crippen LogP contribution < -0.4 is 5.32 Å². The first kappa shape index (κ1) is 11.8. The van der Waals surface area contributed by atoms with Crippen molar-refractivity contribution >= 4 is 10.9 Å². The number of aromatic amines is 1. The van der Waals surface area contributed by atoms with E-state index in [1.807, 2.05) is 6.20 Å². The maximum Gasteiger partial charge on any atom is 0.0499 e. The quantitative estimate of drug-likeness (QED) is 0.753. The van der Waals surface area contributed by atoms with Gasteiger partial charge in [-0.15, -0.1) is 12.3 Å². The first-order chi connectivity index (χ1) is 8.35. The number of benzene rings is 1. The molecule has 1 aromatic heterocycles. The van der Waals surface area contributed by atoms with Crippen molar-refractivity contribution in [3.8, 4) is 12.3 Å². The van der Waals surface area contributed by atoms with Crippen LogP contribution in [-0.2, 0) is 6.54 Å². The first-order valence-corrected chi connectivity index (χ1v) is 6.07. The fourth-order valence-electron chi connectivity index (χ4n) is 2.05. The van der Waals surface area contributed by atoms with Crippen molar-refractivity contribution in [1.82, 2.24) is 10.3 Å². The van der Waals surface area contributed by atoms with Crippen LogP contribution in [0.2, 0.25) is 0 Å². The third-order valence-corrected chi connectivity index (χ3v) is 3.11. The maximum absolute atomic E-state index is 5.35. The van der Waals surface area contributed by atoms with Crippen LogP contribution in [0.1, 0.15) is 25.3 Å². The summed E-state index contributed by atoms with van der Waals surface area (Å²) >= 11 is 0. The molecule has 1 unspecified atom stereocenters. The molecule has 0 radical (unpaired) electrons. The van der Waals surface area contributed by atoms with Crippen molar-refractivity contribution < 1.29 is 0 Å². The normalized spacial score (nSPS) is 12.5. The molecule has 2 N–H and O–H groups in total. The van der Waals surface area contributed by atoms with Crippen LogP contribution in [0, 0.1) is 12.3 Å². The predicted octanol–water partition coefficient (Wildman–Crippen LogP) is 3.06. The maximum atomic E-state index is 5.35. The monoisotopic (exact) mass is 226 g/mol. The molecule has 0 spiro atoms. The third-order valence-electron chi connectivity index (χ3n) is 3.11. The van der Waals surface area contributed by atoms with E-state index in [1.54, 1.807) is 0 Å². The van der Waals surface area contributed by atoms with E-state index >= 15 is 0 Å². The van der Waals surface area contributed by atoms with Gasteiger partial charge in [0.1, 0.15) is 0 Å². The Bertz CT molecular complexity index is 519. The fraction of sp³-hybridized carbons (Fsp3) is 0.333. The number of fused-ring (bicyclic) bond motifs is 1. The lowest BCUT2D eigenvalue weighted by molar-refractivity contribution is 0.507. The summed E-state index contributed by atoms with van der Waals surface area (Å²) in [5.74, 6) is 2.72. The highest BCUT2D eigenvalue weighted by Crippen LogP contribution is 2.16. The van der Waals surface area contributed by atoms with Gasteiger partial charge in [0.15, 0.2) is 0 Å². The summed E-state index contributed by atoms with van der Waals surface area (Å²) in [6, 6.07) is 8.86. The largest absolute Gasteiger partial charge is 0.361 e. The Morgan fingerprint density at radius 3 is 3.06 bits per heavy atom. The zero-order valence-corrected chi connectivity index (χ0v) is 10.2. The average molecular weight is 226 g/mol. The summed E-state index contributed by atoms with van der Waals surface area (Å²) in [5, 5.41) is 4.76. The summed E-state index contributed by atoms with van der Waals surface area (Å²) in [6.45, 7) is 3.02. The second-order valence-electron chi connectivity index (χ2n) is 4.25. The van der Waals surface area contributed by atoms with E-state index in [2.05, 4.69) is 47.4 Å². The number of aromatic nitrogens is 1. The lowest BCUT2D eigenvalue weighted by Gasteiger charge is -2.14. The molecular formula is C15H18N2. The summed E-state index contributed by atoms with van der Waals surface area (Å²) in [4.78, 5) is 3.28. The molecule has 0 amide bonds. The molecule has 2 nitrogen and oxygen atoms in total. The molecule has 0 fully saturated rings. The number of terminal acetylenes is 1. The van der Waals surface area contributed by atoms with Gasteiger partial charge < -0.3 is 10.3 Å². The van der Waals surface area contributed by atoms with E-state index in [0.717, 1.165) is 19.4 Å². The Kier molecular flexibility index (Phi) is 3.85. The van der Waals surface area contributed by atoms with E-state index in [4.69, 9.17) is 6.42 Å². The van der Waals surface area contributed by atoms with E-state index in [9.17, 15) is 0 Å². The van der Waals surface area contributed by atoms with Crippen molar-refractivity contribution in [2.24, 2.45) is 0 Å². The van der Waals surface area contributed by atoms with Crippen LogP contribution in [0.3, 0.4) is 0 Å². The molecule has 0 aliphatic rings. The standard InChI is InChI=1S/C15H18N2/c1-3-6-14(4-2)17-11-13-8-5-7-12-9-10-16-15(12)13/h1,5,7-10,14,16-17H,4,6,11H2,2H3. The molecule has 2 heteroatoms. The summed E-state index contributed by atoms with van der Waals surface area (Å²) < 4.78 is 0. The van der Waals surface area contributed by atoms with Crippen molar-refractivity contribution in [2.45, 2.75) is 32.4 Å². The number of nitrogens with one attached hydrogen (secondary N) is 2. The summed E-state index contributed by atoms with van der Waals surface area (Å²) in [6.07, 6.45) is 9.18. The molecule has 17 heavy (non-hydrogen) atoms. The molecule has 0 saturated carbocycles. The van der Waals surface area contributed by atoms with Crippen LogP contribution in [-0.4, -0.2) is 11.0 Å². The summed E-state index contributed by atoms with van der Waals surface area (Å²) in [7, 11) is 0. The topological polar surface area (TPSA) is 27.8 Å². The SMILES string of the molecule is C#CCC(CC)NCc1cccc2cc[nH]c12. The van der Waals surface area contributed by atoms with Crippen molar-refractivity contribution in [2.75, 3.05) is 0 Å². The Labute approximate surface area is 102 Å². The van der Waals surface area contributed by atoms with Gasteiger partial charge in [-0.25, -0.2) is 0 Å². The highest BCUT2D eigenvalue weighted by molar-refractivity contribution is 5.82. The zero-order valence-electron chi connectivity index (χ0n) is 10.2. The molecule has 2 rings (SSSR count). The van der Waals surface area contributed by atoms with E-state index in [-0.39, 0.29) is 0 Å². The van der Waals surface area contributed by atoms with E-state index in [1.165, 1.54) is 16.5 Å². The van der Waals surface area contributed by atoms with Gasteiger partial charge >= 0.3 is 0 Å². The Morgan fingerprint density at radius 1 is 1.41 bits per heavy atom. The average Bonchev–Trinajstić information content (AvgIpc) is 2.83. The molecular weight excluding hydrogens is 208 g/mol. The van der Waals surface area contributed by atoms with Crippen LogP contribution >= 0.6 is 0 Å². The Morgan fingerprint density at radius 2 is 2.29 bits per heavy atom. The summed E-state index contributed by atoms with van der Waals surface area (Å²) in [5.41, 5.74) is 2.51. The van der Waals surface area contributed by atoms with Crippen LogP contribution in [0.25, 0.3) is 10.9 Å². The molecule has 0 saturated heterocycles. The zero-order chi connectivity index (χ0) is 12.1. The molecule has 0 aliphatic carbocycles. The lowest BCUT2D eigenvalue weighted by Crippen LogP contribution is -2.27. The van der Waals surface area contributed by atoms with Crippen LogP contribution in [0.5, 0.6) is 0 Å². The van der Waals surface area contributed by atoms with Gasteiger partial charge in [0.05, 0.1) is 0 Å². The van der Waals surface area contributed by atoms with Gasteiger partial charge in [0.25, 0.3) is 0 Å². The third kappa shape index (κ3) is 2.69. The van der Waals surface area contributed by atoms with Crippen LogP contribution in [0.4, 0.5) is 0 Å². The molecule has 1 heterocycles. The number of H-pyrrole nitrogens is 1. The molecule has 1 aromatic carbocycles. The van der Waals surface area contributed by atoms with Crippen molar-refractivity contribution in [3.63, 3.8) is 0 Å². The first-order valence-electron chi connectivity index (χ1n) is 6.07. The Hall–Kier alpha value is -1.72. The Balaban J connectivity index is 2.08. The lowest BCUT2D eigenvalue weighted by atomic mass is 10.1. The minimum absolute atomic E-state index is 0.408.